The predicted molar refractivity (Wildman–Crippen MR) is 72.7 cm³/mol. The van der Waals surface area contributed by atoms with Gasteiger partial charge in [-0.3, -0.25) is 4.79 Å². The summed E-state index contributed by atoms with van der Waals surface area (Å²) in [6.45, 7) is 4.77. The van der Waals surface area contributed by atoms with E-state index < -0.39 is 9.05 Å². The third-order valence-electron chi connectivity index (χ3n) is 2.98. The van der Waals surface area contributed by atoms with Crippen molar-refractivity contribution in [1.29, 1.82) is 0 Å². The molecule has 1 aromatic rings. The largest absolute Gasteiger partial charge is 0.356 e. The molecule has 5 nitrogen and oxygen atoms in total. The molecule has 0 aromatic carbocycles. The molecule has 1 aromatic heterocycles. The summed E-state index contributed by atoms with van der Waals surface area (Å²) < 4.78 is 22.4. The molecule has 1 saturated carbocycles. The van der Waals surface area contributed by atoms with Gasteiger partial charge in [0.25, 0.3) is 15.0 Å². The molecule has 1 amide bonds. The fourth-order valence-corrected chi connectivity index (χ4v) is 2.70. The summed E-state index contributed by atoms with van der Waals surface area (Å²) in [6.07, 6.45) is 3.27. The van der Waals surface area contributed by atoms with Crippen molar-refractivity contribution in [1.82, 2.24) is 9.88 Å². The van der Waals surface area contributed by atoms with Crippen molar-refractivity contribution in [2.75, 3.05) is 6.54 Å². The SMILES string of the molecule is CC(C)CN(C(=O)c1cc(S(=O)(=O)Cl)c[nH]1)C1CC1. The first kappa shape index (κ1) is 14.4. The lowest BCUT2D eigenvalue weighted by molar-refractivity contribution is 0.0717. The monoisotopic (exact) mass is 304 g/mol. The maximum Gasteiger partial charge on any atom is 0.270 e. The highest BCUT2D eigenvalue weighted by atomic mass is 35.7. The lowest BCUT2D eigenvalue weighted by Crippen LogP contribution is -2.36. The molecular weight excluding hydrogens is 288 g/mol. The van der Waals surface area contributed by atoms with E-state index in [1.807, 2.05) is 13.8 Å². The van der Waals surface area contributed by atoms with Gasteiger partial charge in [-0.25, -0.2) is 8.42 Å². The van der Waals surface area contributed by atoms with Gasteiger partial charge in [0.05, 0.1) is 0 Å². The fourth-order valence-electron chi connectivity index (χ4n) is 1.97. The lowest BCUT2D eigenvalue weighted by atomic mass is 10.2. The molecule has 1 aliphatic carbocycles. The van der Waals surface area contributed by atoms with E-state index in [4.69, 9.17) is 10.7 Å². The first-order valence-electron chi connectivity index (χ1n) is 6.23. The number of amides is 1. The quantitative estimate of drug-likeness (QED) is 0.848. The molecule has 1 N–H and O–H groups in total. The van der Waals surface area contributed by atoms with Crippen LogP contribution in [0.4, 0.5) is 0 Å². The Morgan fingerprint density at radius 3 is 2.58 bits per heavy atom. The minimum Gasteiger partial charge on any atom is -0.356 e. The van der Waals surface area contributed by atoms with Crippen molar-refractivity contribution < 1.29 is 13.2 Å². The Morgan fingerprint density at radius 2 is 2.16 bits per heavy atom. The van der Waals surface area contributed by atoms with Gasteiger partial charge in [0.2, 0.25) is 0 Å². The number of H-pyrrole nitrogens is 1. The van der Waals surface area contributed by atoms with Crippen LogP contribution in [0.1, 0.15) is 37.2 Å². The van der Waals surface area contributed by atoms with E-state index in [2.05, 4.69) is 4.98 Å². The van der Waals surface area contributed by atoms with Gasteiger partial charge in [0.15, 0.2) is 0 Å². The van der Waals surface area contributed by atoms with Crippen molar-refractivity contribution in [2.45, 2.75) is 37.6 Å². The Bertz CT molecular complexity index is 576. The summed E-state index contributed by atoms with van der Waals surface area (Å²) in [7, 11) is 1.44. The molecule has 19 heavy (non-hydrogen) atoms. The zero-order valence-corrected chi connectivity index (χ0v) is 12.5. The molecule has 0 unspecified atom stereocenters. The Kier molecular flexibility index (Phi) is 3.92. The number of halogens is 1. The maximum absolute atomic E-state index is 12.4. The average molecular weight is 305 g/mol. The Balaban J connectivity index is 2.20. The standard InChI is InChI=1S/C12H17ClN2O3S/c1-8(2)7-15(9-3-4-9)12(16)11-5-10(6-14-11)19(13,17)18/h5-6,8-9,14H,3-4,7H2,1-2H3. The lowest BCUT2D eigenvalue weighted by Gasteiger charge is -2.23. The van der Waals surface area contributed by atoms with Crippen LogP contribution >= 0.6 is 10.7 Å². The van der Waals surface area contributed by atoms with Gasteiger partial charge in [-0.05, 0) is 24.8 Å². The number of hydrogen-bond donors (Lipinski definition) is 1. The van der Waals surface area contributed by atoms with Crippen LogP contribution in [0.5, 0.6) is 0 Å². The van der Waals surface area contributed by atoms with Gasteiger partial charge in [-0.2, -0.15) is 0 Å². The number of carbonyl (C=O) groups is 1. The van der Waals surface area contributed by atoms with Gasteiger partial charge in [0, 0.05) is 29.5 Å². The smallest absolute Gasteiger partial charge is 0.270 e. The molecule has 0 bridgehead atoms. The van der Waals surface area contributed by atoms with Gasteiger partial charge in [-0.1, -0.05) is 13.8 Å². The van der Waals surface area contributed by atoms with Crippen molar-refractivity contribution in [3.05, 3.63) is 18.0 Å². The third kappa shape index (κ3) is 3.51. The summed E-state index contributed by atoms with van der Waals surface area (Å²) in [6, 6.07) is 1.58. The second-order valence-electron chi connectivity index (χ2n) is 5.27. The summed E-state index contributed by atoms with van der Waals surface area (Å²) in [5, 5.41) is 0. The van der Waals surface area contributed by atoms with Crippen molar-refractivity contribution in [3.8, 4) is 0 Å². The van der Waals surface area contributed by atoms with E-state index in [9.17, 15) is 13.2 Å². The number of rotatable bonds is 5. The minimum atomic E-state index is -3.80. The van der Waals surface area contributed by atoms with Crippen LogP contribution in [-0.2, 0) is 9.05 Å². The number of hydrogen-bond acceptors (Lipinski definition) is 3. The van der Waals surface area contributed by atoms with Crippen molar-refractivity contribution in [2.24, 2.45) is 5.92 Å². The first-order valence-corrected chi connectivity index (χ1v) is 8.54. The topological polar surface area (TPSA) is 70.2 Å². The number of nitrogens with zero attached hydrogens (tertiary/aromatic N) is 1. The van der Waals surface area contributed by atoms with E-state index in [1.165, 1.54) is 12.3 Å². The molecule has 2 rings (SSSR count). The Labute approximate surface area is 117 Å². The number of nitrogens with one attached hydrogen (secondary N) is 1. The van der Waals surface area contributed by atoms with Gasteiger partial charge in [-0.15, -0.1) is 0 Å². The molecule has 7 heteroatoms. The summed E-state index contributed by atoms with van der Waals surface area (Å²) >= 11 is 0. The molecule has 1 heterocycles. The van der Waals surface area contributed by atoms with Crippen LogP contribution in [0.2, 0.25) is 0 Å². The molecule has 0 radical (unpaired) electrons. The molecule has 0 atom stereocenters. The maximum atomic E-state index is 12.4. The highest BCUT2D eigenvalue weighted by Crippen LogP contribution is 2.29. The number of aromatic nitrogens is 1. The summed E-state index contributed by atoms with van der Waals surface area (Å²) in [5.74, 6) is 0.207. The van der Waals surface area contributed by atoms with E-state index in [1.54, 1.807) is 4.90 Å². The van der Waals surface area contributed by atoms with Crippen LogP contribution < -0.4 is 0 Å². The normalized spacial score (nSPS) is 15.8. The highest BCUT2D eigenvalue weighted by molar-refractivity contribution is 8.13. The van der Waals surface area contributed by atoms with Crippen molar-refractivity contribution >= 4 is 25.6 Å². The summed E-state index contributed by atoms with van der Waals surface area (Å²) in [5.41, 5.74) is 0.270. The predicted octanol–water partition coefficient (Wildman–Crippen LogP) is 2.20. The van der Waals surface area contributed by atoms with E-state index in [0.29, 0.717) is 12.5 Å². The van der Waals surface area contributed by atoms with Crippen LogP contribution in [0, 0.1) is 5.92 Å². The zero-order chi connectivity index (χ0) is 14.2. The first-order chi connectivity index (χ1) is 8.79. The van der Waals surface area contributed by atoms with E-state index >= 15 is 0 Å². The van der Waals surface area contributed by atoms with Gasteiger partial charge >= 0.3 is 0 Å². The number of aromatic amines is 1. The number of carbonyl (C=O) groups excluding carboxylic acids is 1. The molecule has 1 aliphatic rings. The van der Waals surface area contributed by atoms with Gasteiger partial charge < -0.3 is 9.88 Å². The van der Waals surface area contributed by atoms with E-state index in [-0.39, 0.29) is 22.5 Å². The minimum absolute atomic E-state index is 0.0715. The molecule has 0 aliphatic heterocycles. The second kappa shape index (κ2) is 5.17. The third-order valence-corrected chi connectivity index (χ3v) is 4.31. The van der Waals surface area contributed by atoms with E-state index in [0.717, 1.165) is 12.8 Å². The molecule has 106 valence electrons. The second-order valence-corrected chi connectivity index (χ2v) is 7.84. The molecule has 1 fully saturated rings. The fraction of sp³-hybridized carbons (Fsp3) is 0.583. The Morgan fingerprint density at radius 1 is 1.53 bits per heavy atom. The molecular formula is C12H17ClN2O3S. The molecule has 0 spiro atoms. The highest BCUT2D eigenvalue weighted by Gasteiger charge is 2.34. The zero-order valence-electron chi connectivity index (χ0n) is 10.9. The van der Waals surface area contributed by atoms with Crippen LogP contribution in [0.3, 0.4) is 0 Å². The van der Waals surface area contributed by atoms with Gasteiger partial charge in [0.1, 0.15) is 10.6 Å². The van der Waals surface area contributed by atoms with Crippen LogP contribution in [-0.4, -0.2) is 36.8 Å². The van der Waals surface area contributed by atoms with Crippen LogP contribution in [0.15, 0.2) is 17.2 Å². The Hall–Kier alpha value is -1.01. The van der Waals surface area contributed by atoms with Crippen molar-refractivity contribution in [3.63, 3.8) is 0 Å². The van der Waals surface area contributed by atoms with Crippen LogP contribution in [0.25, 0.3) is 0 Å². The summed E-state index contributed by atoms with van der Waals surface area (Å²) in [4.78, 5) is 16.8. The molecule has 0 saturated heterocycles. The average Bonchev–Trinajstić information content (AvgIpc) is 2.99.